The topological polar surface area (TPSA) is 29.3 Å². The van der Waals surface area contributed by atoms with Crippen molar-refractivity contribution >= 4 is 0 Å². The molecule has 0 aliphatic carbocycles. The zero-order valence-corrected chi connectivity index (χ0v) is 8.99. The molecule has 0 heterocycles. The summed E-state index contributed by atoms with van der Waals surface area (Å²) in [5, 5.41) is 0. The molecule has 14 heavy (non-hydrogen) atoms. The maximum absolute atomic E-state index is 12.0. The quantitative estimate of drug-likeness (QED) is 0.755. The van der Waals surface area contributed by atoms with E-state index in [1.54, 1.807) is 11.9 Å². The Morgan fingerprint density at radius 3 is 2.07 bits per heavy atom. The maximum atomic E-state index is 12.0. The van der Waals surface area contributed by atoms with Crippen LogP contribution in [0.5, 0.6) is 0 Å². The van der Waals surface area contributed by atoms with E-state index in [-0.39, 0.29) is 12.1 Å². The van der Waals surface area contributed by atoms with Crippen molar-refractivity contribution in [2.45, 2.75) is 38.4 Å². The lowest BCUT2D eigenvalue weighted by molar-refractivity contribution is -0.139. The summed E-state index contributed by atoms with van der Waals surface area (Å²) in [4.78, 5) is 1.68. The van der Waals surface area contributed by atoms with E-state index in [9.17, 15) is 13.2 Å². The molecule has 0 rings (SSSR count). The minimum absolute atomic E-state index is 0.00500. The highest BCUT2D eigenvalue weighted by atomic mass is 19.4. The summed E-state index contributed by atoms with van der Waals surface area (Å²) >= 11 is 0. The van der Waals surface area contributed by atoms with Gasteiger partial charge in [-0.1, -0.05) is 6.92 Å². The van der Waals surface area contributed by atoms with Crippen LogP contribution in [0.25, 0.3) is 0 Å². The van der Waals surface area contributed by atoms with Crippen LogP contribution in [0.4, 0.5) is 13.2 Å². The maximum Gasteiger partial charge on any atom is 0.390 e. The fourth-order valence-corrected chi connectivity index (χ4v) is 1.13. The Kier molecular flexibility index (Phi) is 4.88. The molecule has 1 unspecified atom stereocenters. The average Bonchev–Trinajstić information content (AvgIpc) is 2.11. The van der Waals surface area contributed by atoms with Gasteiger partial charge in [0.2, 0.25) is 0 Å². The number of hydrogen-bond donors (Lipinski definition) is 1. The van der Waals surface area contributed by atoms with Gasteiger partial charge in [0.05, 0.1) is 6.42 Å². The van der Waals surface area contributed by atoms with Gasteiger partial charge in [0, 0.05) is 18.6 Å². The van der Waals surface area contributed by atoms with Gasteiger partial charge in [-0.2, -0.15) is 13.2 Å². The molecule has 0 bridgehead atoms. The smallest absolute Gasteiger partial charge is 0.329 e. The van der Waals surface area contributed by atoms with E-state index < -0.39 is 12.6 Å². The molecular weight excluding hydrogens is 193 g/mol. The van der Waals surface area contributed by atoms with Gasteiger partial charge in [0.25, 0.3) is 0 Å². The highest BCUT2D eigenvalue weighted by Crippen LogP contribution is 2.23. The molecule has 0 spiro atoms. The number of likely N-dealkylation sites (N-methyl/N-ethyl adjacent to an activating group) is 1. The van der Waals surface area contributed by atoms with Gasteiger partial charge in [-0.25, -0.2) is 0 Å². The summed E-state index contributed by atoms with van der Waals surface area (Å²) in [6.45, 7) is 4.18. The SMILES string of the molecule is CCC(C)(CN)N(C)CCC(F)(F)F. The van der Waals surface area contributed by atoms with Crippen LogP contribution in [0.15, 0.2) is 0 Å². The van der Waals surface area contributed by atoms with Crippen molar-refractivity contribution in [1.82, 2.24) is 4.90 Å². The standard InChI is InChI=1S/C9H19F3N2/c1-4-8(2,7-13)14(3)6-5-9(10,11)12/h4-7,13H2,1-3H3. The van der Waals surface area contributed by atoms with E-state index in [0.717, 1.165) is 6.42 Å². The summed E-state index contributed by atoms with van der Waals surface area (Å²) in [5.74, 6) is 0. The van der Waals surface area contributed by atoms with Crippen LogP contribution in [0.2, 0.25) is 0 Å². The van der Waals surface area contributed by atoms with Crippen molar-refractivity contribution in [1.29, 1.82) is 0 Å². The van der Waals surface area contributed by atoms with Gasteiger partial charge in [-0.3, -0.25) is 4.90 Å². The number of nitrogens with zero attached hydrogens (tertiary/aromatic N) is 1. The third-order valence-electron chi connectivity index (χ3n) is 2.85. The summed E-state index contributed by atoms with van der Waals surface area (Å²) in [5.41, 5.74) is 5.21. The first-order chi connectivity index (χ1) is 6.25. The Morgan fingerprint density at radius 1 is 1.29 bits per heavy atom. The third kappa shape index (κ3) is 4.28. The van der Waals surface area contributed by atoms with E-state index in [1.165, 1.54) is 0 Å². The largest absolute Gasteiger partial charge is 0.390 e. The molecule has 0 aromatic carbocycles. The lowest BCUT2D eigenvalue weighted by Crippen LogP contribution is -2.50. The summed E-state index contributed by atoms with van der Waals surface area (Å²) in [6.07, 6.45) is -4.12. The summed E-state index contributed by atoms with van der Waals surface area (Å²) in [6, 6.07) is 0. The molecule has 0 aromatic rings. The van der Waals surface area contributed by atoms with Crippen LogP contribution in [0.3, 0.4) is 0 Å². The molecule has 0 radical (unpaired) electrons. The van der Waals surface area contributed by atoms with Crippen molar-refractivity contribution in [3.8, 4) is 0 Å². The Balaban J connectivity index is 4.12. The number of alkyl halides is 3. The van der Waals surface area contributed by atoms with E-state index in [1.807, 2.05) is 13.8 Å². The highest BCUT2D eigenvalue weighted by Gasteiger charge is 2.31. The second-order valence-electron chi connectivity index (χ2n) is 3.84. The van der Waals surface area contributed by atoms with Crippen molar-refractivity contribution in [2.75, 3.05) is 20.1 Å². The van der Waals surface area contributed by atoms with E-state index in [4.69, 9.17) is 5.73 Å². The monoisotopic (exact) mass is 212 g/mol. The predicted molar refractivity (Wildman–Crippen MR) is 51.1 cm³/mol. The Bertz CT molecular complexity index is 164. The molecule has 0 aliphatic rings. The van der Waals surface area contributed by atoms with E-state index in [2.05, 4.69) is 0 Å². The van der Waals surface area contributed by atoms with Gasteiger partial charge < -0.3 is 5.73 Å². The van der Waals surface area contributed by atoms with E-state index in [0.29, 0.717) is 6.54 Å². The van der Waals surface area contributed by atoms with Crippen molar-refractivity contribution in [2.24, 2.45) is 5.73 Å². The molecule has 0 fully saturated rings. The van der Waals surface area contributed by atoms with Gasteiger partial charge in [0.1, 0.15) is 0 Å². The van der Waals surface area contributed by atoms with Gasteiger partial charge in [-0.05, 0) is 20.4 Å². The molecule has 86 valence electrons. The van der Waals surface area contributed by atoms with Crippen LogP contribution in [0, 0.1) is 0 Å². The average molecular weight is 212 g/mol. The van der Waals surface area contributed by atoms with Gasteiger partial charge in [0.15, 0.2) is 0 Å². The highest BCUT2D eigenvalue weighted by molar-refractivity contribution is 4.84. The molecule has 0 saturated heterocycles. The normalized spacial score (nSPS) is 17.1. The van der Waals surface area contributed by atoms with Crippen molar-refractivity contribution < 1.29 is 13.2 Å². The number of hydrogen-bond acceptors (Lipinski definition) is 2. The lowest BCUT2D eigenvalue weighted by Gasteiger charge is -2.37. The van der Waals surface area contributed by atoms with Gasteiger partial charge >= 0.3 is 6.18 Å². The number of halogens is 3. The molecule has 0 aromatic heterocycles. The van der Waals surface area contributed by atoms with Crippen LogP contribution in [0.1, 0.15) is 26.7 Å². The Morgan fingerprint density at radius 2 is 1.79 bits per heavy atom. The first kappa shape index (κ1) is 13.7. The Hall–Kier alpha value is -0.290. The molecule has 2 nitrogen and oxygen atoms in total. The molecule has 0 aliphatic heterocycles. The number of rotatable bonds is 5. The predicted octanol–water partition coefficient (Wildman–Crippen LogP) is 2.00. The first-order valence-electron chi connectivity index (χ1n) is 4.73. The second-order valence-corrected chi connectivity index (χ2v) is 3.84. The van der Waals surface area contributed by atoms with Gasteiger partial charge in [-0.15, -0.1) is 0 Å². The molecule has 5 heteroatoms. The molecule has 2 N–H and O–H groups in total. The molecular formula is C9H19F3N2. The van der Waals surface area contributed by atoms with Crippen LogP contribution < -0.4 is 5.73 Å². The van der Waals surface area contributed by atoms with Crippen LogP contribution in [-0.2, 0) is 0 Å². The molecule has 0 amide bonds. The second kappa shape index (κ2) is 4.98. The van der Waals surface area contributed by atoms with Crippen molar-refractivity contribution in [3.05, 3.63) is 0 Å². The lowest BCUT2D eigenvalue weighted by atomic mass is 9.97. The minimum atomic E-state index is -4.09. The van der Waals surface area contributed by atoms with Crippen molar-refractivity contribution in [3.63, 3.8) is 0 Å². The fraction of sp³-hybridized carbons (Fsp3) is 1.00. The molecule has 1 atom stereocenters. The minimum Gasteiger partial charge on any atom is -0.329 e. The fourth-order valence-electron chi connectivity index (χ4n) is 1.13. The number of nitrogens with two attached hydrogens (primary N) is 1. The third-order valence-corrected chi connectivity index (χ3v) is 2.85. The first-order valence-corrected chi connectivity index (χ1v) is 4.73. The zero-order valence-electron chi connectivity index (χ0n) is 8.99. The zero-order chi connectivity index (χ0) is 11.4. The summed E-state index contributed by atoms with van der Waals surface area (Å²) < 4.78 is 35.9. The summed E-state index contributed by atoms with van der Waals surface area (Å²) in [7, 11) is 1.68. The van der Waals surface area contributed by atoms with Crippen LogP contribution in [-0.4, -0.2) is 36.8 Å². The Labute approximate surface area is 83.3 Å². The van der Waals surface area contributed by atoms with E-state index >= 15 is 0 Å². The van der Waals surface area contributed by atoms with Crippen LogP contribution >= 0.6 is 0 Å². The molecule has 0 saturated carbocycles.